The van der Waals surface area contributed by atoms with Gasteiger partial charge >= 0.3 is 12.2 Å². The van der Waals surface area contributed by atoms with Crippen LogP contribution >= 0.6 is 46.4 Å². The van der Waals surface area contributed by atoms with Gasteiger partial charge in [-0.05, 0) is 79.0 Å². The summed E-state index contributed by atoms with van der Waals surface area (Å²) in [4.78, 5) is 20.9. The zero-order chi connectivity index (χ0) is 29.4. The Balaban J connectivity index is 1.33. The van der Waals surface area contributed by atoms with Crippen molar-refractivity contribution in [3.8, 4) is 0 Å². The second kappa shape index (κ2) is 12.0. The average Bonchev–Trinajstić information content (AvgIpc) is 3.22. The minimum absolute atomic E-state index is 0.151. The van der Waals surface area contributed by atoms with E-state index < -0.39 is 23.2 Å². The molecule has 5 nitrogen and oxygen atoms in total. The number of likely N-dealkylation sites (tertiary alicyclic amines) is 1. The minimum Gasteiger partial charge on any atom is -0.334 e. The lowest BCUT2D eigenvalue weighted by atomic mass is 9.74. The molecule has 3 heterocycles. The molecule has 0 radical (unpaired) electrons. The number of nitrogens with zero attached hydrogens (tertiary/aromatic N) is 3. The van der Waals surface area contributed by atoms with Crippen LogP contribution in [-0.2, 0) is 18.1 Å². The Morgan fingerprint density at radius 1 is 1.00 bits per heavy atom. The maximum absolute atomic E-state index is 13.8. The first-order chi connectivity index (χ1) is 19.4. The van der Waals surface area contributed by atoms with Crippen molar-refractivity contribution in [3.63, 3.8) is 0 Å². The van der Waals surface area contributed by atoms with Crippen molar-refractivity contribution < 1.29 is 18.0 Å². The highest BCUT2D eigenvalue weighted by Gasteiger charge is 2.48. The number of halogens is 7. The fourth-order valence-corrected chi connectivity index (χ4v) is 6.23. The number of nitrogens with one attached hydrogen (secondary N) is 1. The molecular weight excluding hydrogens is 619 g/mol. The number of anilines is 1. The molecule has 0 aliphatic carbocycles. The van der Waals surface area contributed by atoms with E-state index in [1.807, 2.05) is 18.2 Å². The van der Waals surface area contributed by atoms with Gasteiger partial charge in [-0.25, -0.2) is 9.78 Å². The van der Waals surface area contributed by atoms with Gasteiger partial charge in [-0.3, -0.25) is 9.80 Å². The molecule has 0 atom stereocenters. The second-order valence-corrected chi connectivity index (χ2v) is 11.8. The van der Waals surface area contributed by atoms with Crippen molar-refractivity contribution in [2.75, 3.05) is 31.1 Å². The molecule has 1 spiro atoms. The minimum atomic E-state index is -4.65. The molecule has 3 aromatic rings. The predicted octanol–water partition coefficient (Wildman–Crippen LogP) is 8.49. The molecule has 1 N–H and O–H groups in total. The van der Waals surface area contributed by atoms with E-state index in [1.54, 1.807) is 24.3 Å². The Labute approximate surface area is 255 Å². The second-order valence-electron chi connectivity index (χ2n) is 10.2. The predicted molar refractivity (Wildman–Crippen MR) is 158 cm³/mol. The smallest absolute Gasteiger partial charge is 0.334 e. The number of piperidine rings is 1. The van der Waals surface area contributed by atoms with Gasteiger partial charge in [0.2, 0.25) is 0 Å². The molecule has 1 fully saturated rings. The third-order valence-corrected chi connectivity index (χ3v) is 8.88. The Morgan fingerprint density at radius 3 is 2.44 bits per heavy atom. The van der Waals surface area contributed by atoms with Crippen LogP contribution in [0.2, 0.25) is 20.2 Å². The number of carbonyl (C=O) groups is 1. The van der Waals surface area contributed by atoms with E-state index in [-0.39, 0.29) is 29.0 Å². The molecular formula is C29H25Cl4F3N4O. The van der Waals surface area contributed by atoms with Crippen LogP contribution in [0.25, 0.3) is 6.08 Å². The number of urea groups is 1. The standard InChI is InChI=1S/C29H25Cl4F3N4O/c30-22-4-3-18(12-24(22)32)2-1-9-39-10-6-28(7-11-39)17-40(27(41)38-16-19-5-8-37-26(33)13-19)25-15-20(29(34,35)36)23(31)14-21(25)28/h1-5,8,12-15H,6-7,9-11,16-17H2,(H,38,41). The third-order valence-electron chi connectivity index (χ3n) is 7.62. The number of benzene rings is 2. The number of hydrogen-bond acceptors (Lipinski definition) is 3. The van der Waals surface area contributed by atoms with E-state index in [0.717, 1.165) is 17.2 Å². The monoisotopic (exact) mass is 642 g/mol. The van der Waals surface area contributed by atoms with Gasteiger partial charge in [0, 0.05) is 36.9 Å². The van der Waals surface area contributed by atoms with E-state index in [4.69, 9.17) is 46.4 Å². The first-order valence-corrected chi connectivity index (χ1v) is 14.4. The molecule has 0 unspecified atom stereocenters. The molecule has 0 saturated carbocycles. The molecule has 0 bridgehead atoms. The lowest BCUT2D eigenvalue weighted by molar-refractivity contribution is -0.137. The third kappa shape index (κ3) is 6.62. The van der Waals surface area contributed by atoms with Crippen molar-refractivity contribution >= 4 is 64.2 Å². The van der Waals surface area contributed by atoms with Crippen LogP contribution in [0.4, 0.5) is 23.7 Å². The van der Waals surface area contributed by atoms with E-state index >= 15 is 0 Å². The number of fused-ring (bicyclic) bond motifs is 2. The zero-order valence-corrected chi connectivity index (χ0v) is 24.6. The fourth-order valence-electron chi connectivity index (χ4n) is 5.45. The quantitative estimate of drug-likeness (QED) is 0.284. The largest absolute Gasteiger partial charge is 0.417 e. The Kier molecular flexibility index (Phi) is 8.79. The molecule has 2 aromatic carbocycles. The number of rotatable bonds is 5. The van der Waals surface area contributed by atoms with Crippen molar-refractivity contribution in [1.29, 1.82) is 0 Å². The Bertz CT molecular complexity index is 1490. The highest BCUT2D eigenvalue weighted by Crippen LogP contribution is 2.50. The number of amides is 2. The summed E-state index contributed by atoms with van der Waals surface area (Å²) in [6.45, 7) is 2.51. The van der Waals surface area contributed by atoms with Gasteiger partial charge in [0.15, 0.2) is 0 Å². The van der Waals surface area contributed by atoms with Gasteiger partial charge in [-0.15, -0.1) is 0 Å². The van der Waals surface area contributed by atoms with Crippen molar-refractivity contribution in [2.45, 2.75) is 31.0 Å². The van der Waals surface area contributed by atoms with Gasteiger partial charge in [-0.1, -0.05) is 64.6 Å². The van der Waals surface area contributed by atoms with Crippen LogP contribution in [0.5, 0.6) is 0 Å². The lowest BCUT2D eigenvalue weighted by Crippen LogP contribution is -2.47. The summed E-state index contributed by atoms with van der Waals surface area (Å²) in [7, 11) is 0. The summed E-state index contributed by atoms with van der Waals surface area (Å²) in [5, 5.41) is 3.71. The zero-order valence-electron chi connectivity index (χ0n) is 21.6. The van der Waals surface area contributed by atoms with Crippen LogP contribution < -0.4 is 10.2 Å². The Morgan fingerprint density at radius 2 is 1.76 bits per heavy atom. The number of pyridine rings is 1. The van der Waals surface area contributed by atoms with Gasteiger partial charge in [0.25, 0.3) is 0 Å². The van der Waals surface area contributed by atoms with E-state index in [0.29, 0.717) is 48.1 Å². The van der Waals surface area contributed by atoms with Crippen molar-refractivity contribution in [2.24, 2.45) is 0 Å². The van der Waals surface area contributed by atoms with Crippen LogP contribution in [0.15, 0.2) is 54.7 Å². The van der Waals surface area contributed by atoms with Gasteiger partial charge in [0.1, 0.15) is 5.15 Å². The SMILES string of the molecule is O=C(NCc1ccnc(Cl)c1)N1CC2(CCN(CC=Cc3ccc(Cl)c(Cl)c3)CC2)c2cc(Cl)c(C(F)(F)F)cc21. The topological polar surface area (TPSA) is 48.5 Å². The first-order valence-electron chi connectivity index (χ1n) is 12.9. The first kappa shape index (κ1) is 30.0. The molecule has 1 saturated heterocycles. The van der Waals surface area contributed by atoms with Crippen LogP contribution in [0.1, 0.15) is 35.1 Å². The van der Waals surface area contributed by atoms with Crippen LogP contribution in [0, 0.1) is 0 Å². The summed E-state index contributed by atoms with van der Waals surface area (Å²) in [6.07, 6.45) is 2.20. The number of aromatic nitrogens is 1. The maximum Gasteiger partial charge on any atom is 0.417 e. The van der Waals surface area contributed by atoms with Crippen molar-refractivity contribution in [1.82, 2.24) is 15.2 Å². The molecule has 1 aromatic heterocycles. The molecule has 5 rings (SSSR count). The van der Waals surface area contributed by atoms with E-state index in [2.05, 4.69) is 15.2 Å². The number of hydrogen-bond donors (Lipinski definition) is 1. The fraction of sp³-hybridized carbons (Fsp3) is 0.310. The average molecular weight is 644 g/mol. The summed E-state index contributed by atoms with van der Waals surface area (Å²) >= 11 is 24.2. The van der Waals surface area contributed by atoms with Gasteiger partial charge in [0.05, 0.1) is 20.6 Å². The molecule has 2 amide bonds. The van der Waals surface area contributed by atoms with Gasteiger partial charge in [-0.2, -0.15) is 13.2 Å². The van der Waals surface area contributed by atoms with Crippen molar-refractivity contribution in [3.05, 3.63) is 97.2 Å². The number of carbonyl (C=O) groups excluding carboxylic acids is 1. The normalized spacial score (nSPS) is 16.9. The van der Waals surface area contributed by atoms with Gasteiger partial charge < -0.3 is 5.32 Å². The molecule has 12 heteroatoms. The summed E-state index contributed by atoms with van der Waals surface area (Å²) in [5.74, 6) is 0. The molecule has 2 aliphatic rings. The summed E-state index contributed by atoms with van der Waals surface area (Å²) in [5.41, 5.74) is 1.09. The number of alkyl halides is 3. The maximum atomic E-state index is 13.8. The summed E-state index contributed by atoms with van der Waals surface area (Å²) < 4.78 is 41.3. The Hall–Kier alpha value is -2.49. The molecule has 216 valence electrons. The molecule has 2 aliphatic heterocycles. The lowest BCUT2D eigenvalue weighted by Gasteiger charge is -2.39. The highest BCUT2D eigenvalue weighted by molar-refractivity contribution is 6.42. The highest BCUT2D eigenvalue weighted by atomic mass is 35.5. The van der Waals surface area contributed by atoms with Crippen LogP contribution in [0.3, 0.4) is 0 Å². The van der Waals surface area contributed by atoms with E-state index in [9.17, 15) is 18.0 Å². The van der Waals surface area contributed by atoms with Crippen LogP contribution in [-0.4, -0.2) is 42.1 Å². The summed E-state index contributed by atoms with van der Waals surface area (Å²) in [6, 6.07) is 10.7. The van der Waals surface area contributed by atoms with E-state index in [1.165, 1.54) is 17.2 Å². The molecule has 41 heavy (non-hydrogen) atoms.